The maximum Gasteiger partial charge on any atom is 0.347 e. The third-order valence-corrected chi connectivity index (χ3v) is 4.91. The average Bonchev–Trinajstić information content (AvgIpc) is 2.97. The van der Waals surface area contributed by atoms with Crippen LogP contribution in [0.1, 0.15) is 18.4 Å². The zero-order chi connectivity index (χ0) is 18.4. The molecular weight excluding hydrogens is 468 g/mol. The van der Waals surface area contributed by atoms with Gasteiger partial charge in [-0.15, -0.1) is 0 Å². The Morgan fingerprint density at radius 2 is 2.08 bits per heavy atom. The zero-order valence-corrected chi connectivity index (χ0v) is 16.5. The average molecular weight is 476 g/mol. The largest absolute Gasteiger partial charge is 0.405 e. The Balaban J connectivity index is 1.87. The van der Waals surface area contributed by atoms with Crippen molar-refractivity contribution in [2.24, 2.45) is 5.10 Å². The lowest BCUT2D eigenvalue weighted by molar-refractivity contribution is 0.407. The molecule has 0 amide bonds. The molecule has 0 aliphatic carbocycles. The Kier molecular flexibility index (Phi) is 4.60. The van der Waals surface area contributed by atoms with Crippen molar-refractivity contribution < 1.29 is 4.42 Å². The molecule has 0 fully saturated rings. The summed E-state index contributed by atoms with van der Waals surface area (Å²) in [7, 11) is 0. The summed E-state index contributed by atoms with van der Waals surface area (Å²) in [6.07, 6.45) is 2.00. The Bertz CT molecular complexity index is 1120. The van der Waals surface area contributed by atoms with Crippen molar-refractivity contribution in [3.05, 3.63) is 56.0 Å². The molecule has 4 rings (SSSR count). The quantitative estimate of drug-likeness (QED) is 0.504. The van der Waals surface area contributed by atoms with Crippen molar-refractivity contribution in [1.82, 2.24) is 15.0 Å². The van der Waals surface area contributed by atoms with Crippen LogP contribution >= 0.6 is 50.7 Å². The van der Waals surface area contributed by atoms with E-state index >= 15 is 0 Å². The van der Waals surface area contributed by atoms with Crippen LogP contribution in [0.3, 0.4) is 0 Å². The highest BCUT2D eigenvalue weighted by Crippen LogP contribution is 2.38. The fourth-order valence-corrected chi connectivity index (χ4v) is 3.73. The summed E-state index contributed by atoms with van der Waals surface area (Å²) in [5.41, 5.74) is -0.413. The van der Waals surface area contributed by atoms with Gasteiger partial charge in [-0.25, -0.2) is 24.8 Å². The fourth-order valence-electron chi connectivity index (χ4n) is 2.57. The molecule has 0 spiro atoms. The maximum absolute atomic E-state index is 12.4. The third-order valence-electron chi connectivity index (χ3n) is 3.67. The number of pyridine rings is 2. The second kappa shape index (κ2) is 6.77. The van der Waals surface area contributed by atoms with Crippen LogP contribution in [-0.2, 0) is 0 Å². The Labute approximate surface area is 169 Å². The van der Waals surface area contributed by atoms with Gasteiger partial charge in [-0.05, 0) is 34.1 Å². The van der Waals surface area contributed by atoms with Crippen LogP contribution in [-0.4, -0.2) is 19.6 Å². The van der Waals surface area contributed by atoms with E-state index in [2.05, 4.69) is 36.0 Å². The van der Waals surface area contributed by atoms with Gasteiger partial charge >= 0.3 is 5.63 Å². The van der Waals surface area contributed by atoms with Crippen LogP contribution in [0, 0.1) is 0 Å². The molecule has 11 heteroatoms. The first-order chi connectivity index (χ1) is 12.4. The number of hydrogen-bond donors (Lipinski definition) is 0. The van der Waals surface area contributed by atoms with Gasteiger partial charge in [0.15, 0.2) is 11.0 Å². The molecule has 1 unspecified atom stereocenters. The first-order valence-corrected chi connectivity index (χ1v) is 9.16. The fraction of sp³-hybridized carbons (Fsp3) is 0.133. The van der Waals surface area contributed by atoms with Crippen molar-refractivity contribution >= 4 is 72.1 Å². The van der Waals surface area contributed by atoms with E-state index in [1.165, 1.54) is 6.07 Å². The van der Waals surface area contributed by atoms with Crippen LogP contribution in [0.15, 0.2) is 38.7 Å². The van der Waals surface area contributed by atoms with Gasteiger partial charge < -0.3 is 4.42 Å². The highest BCUT2D eigenvalue weighted by molar-refractivity contribution is 9.18. The van der Waals surface area contributed by atoms with Crippen LogP contribution < -0.4 is 10.6 Å². The maximum atomic E-state index is 12.4. The van der Waals surface area contributed by atoms with Gasteiger partial charge in [0.05, 0.1) is 10.4 Å². The Morgan fingerprint density at radius 3 is 2.85 bits per heavy atom. The van der Waals surface area contributed by atoms with Gasteiger partial charge in [0.25, 0.3) is 0 Å². The van der Waals surface area contributed by atoms with Gasteiger partial charge in [0.2, 0.25) is 5.89 Å². The second-order valence-electron chi connectivity index (χ2n) is 5.32. The number of nitrogens with zero attached hydrogens (tertiary/aromatic N) is 5. The number of hydrogen-bond acceptors (Lipinski definition) is 7. The Morgan fingerprint density at radius 1 is 1.27 bits per heavy atom. The SMILES string of the molecule is O=c1oc(C2CC(Br)=NN2c2ncccc2Cl)nc2c(Cl)nc(Cl)cc12. The van der Waals surface area contributed by atoms with Gasteiger partial charge in [-0.3, -0.25) is 0 Å². The van der Waals surface area contributed by atoms with E-state index < -0.39 is 11.7 Å². The molecule has 132 valence electrons. The lowest BCUT2D eigenvalue weighted by Gasteiger charge is -2.21. The lowest BCUT2D eigenvalue weighted by Crippen LogP contribution is -2.22. The number of anilines is 1. The number of halogens is 4. The molecule has 0 aromatic carbocycles. The van der Waals surface area contributed by atoms with Crippen molar-refractivity contribution in [3.8, 4) is 0 Å². The van der Waals surface area contributed by atoms with Crippen molar-refractivity contribution in [2.75, 3.05) is 5.01 Å². The summed E-state index contributed by atoms with van der Waals surface area (Å²) in [5, 5.41) is 6.56. The minimum Gasteiger partial charge on any atom is -0.405 e. The number of rotatable bonds is 2. The van der Waals surface area contributed by atoms with Gasteiger partial charge in [-0.1, -0.05) is 34.8 Å². The van der Waals surface area contributed by atoms with E-state index in [1.807, 2.05) is 0 Å². The lowest BCUT2D eigenvalue weighted by atomic mass is 10.2. The number of hydrazone groups is 1. The molecule has 0 saturated heterocycles. The normalized spacial score (nSPS) is 17.0. The van der Waals surface area contributed by atoms with E-state index in [9.17, 15) is 4.79 Å². The van der Waals surface area contributed by atoms with Crippen LogP contribution in [0.25, 0.3) is 10.9 Å². The van der Waals surface area contributed by atoms with Crippen molar-refractivity contribution in [3.63, 3.8) is 0 Å². The van der Waals surface area contributed by atoms with Crippen LogP contribution in [0.2, 0.25) is 15.3 Å². The van der Waals surface area contributed by atoms with Crippen LogP contribution in [0.4, 0.5) is 5.82 Å². The molecule has 1 atom stereocenters. The topological polar surface area (TPSA) is 84.5 Å². The molecule has 0 saturated carbocycles. The van der Waals surface area contributed by atoms with E-state index in [4.69, 9.17) is 39.2 Å². The minimum atomic E-state index is -0.619. The molecule has 4 heterocycles. The molecule has 0 radical (unpaired) electrons. The molecule has 0 N–H and O–H groups in total. The highest BCUT2D eigenvalue weighted by Gasteiger charge is 2.34. The summed E-state index contributed by atoms with van der Waals surface area (Å²) in [4.78, 5) is 24.9. The first kappa shape index (κ1) is 17.7. The molecule has 7 nitrogen and oxygen atoms in total. The van der Waals surface area contributed by atoms with Crippen LogP contribution in [0.5, 0.6) is 0 Å². The summed E-state index contributed by atoms with van der Waals surface area (Å²) in [6.45, 7) is 0. The molecule has 3 aromatic heterocycles. The third kappa shape index (κ3) is 3.07. The number of fused-ring (bicyclic) bond motifs is 1. The van der Waals surface area contributed by atoms with Crippen molar-refractivity contribution in [2.45, 2.75) is 12.5 Å². The molecule has 1 aliphatic rings. The molecular formula is C15H7BrCl3N5O2. The summed E-state index contributed by atoms with van der Waals surface area (Å²) < 4.78 is 6.04. The summed E-state index contributed by atoms with van der Waals surface area (Å²) >= 11 is 21.5. The van der Waals surface area contributed by atoms with E-state index in [1.54, 1.807) is 23.3 Å². The zero-order valence-electron chi connectivity index (χ0n) is 12.7. The predicted molar refractivity (Wildman–Crippen MR) is 104 cm³/mol. The summed E-state index contributed by atoms with van der Waals surface area (Å²) in [5.74, 6) is 0.534. The van der Waals surface area contributed by atoms with Gasteiger partial charge in [-0.2, -0.15) is 5.10 Å². The standard InChI is InChI=1S/C15H7BrCl3N5O2/c16-9-5-8(24(23-9)13-7(17)2-1-3-20-13)14-22-11-6(15(25)26-14)4-10(18)21-12(11)19/h1-4,8H,5H2. The minimum absolute atomic E-state index is 0.0158. The second-order valence-corrected chi connectivity index (χ2v) is 7.39. The monoisotopic (exact) mass is 473 g/mol. The smallest absolute Gasteiger partial charge is 0.347 e. The van der Waals surface area contributed by atoms with Crippen molar-refractivity contribution in [1.29, 1.82) is 0 Å². The number of aromatic nitrogens is 3. The first-order valence-electron chi connectivity index (χ1n) is 7.23. The highest BCUT2D eigenvalue weighted by atomic mass is 79.9. The molecule has 0 bridgehead atoms. The van der Waals surface area contributed by atoms with E-state index in [0.29, 0.717) is 21.9 Å². The Hall–Kier alpha value is -1.74. The predicted octanol–water partition coefficient (Wildman–Crippen LogP) is 4.60. The molecule has 3 aromatic rings. The van der Waals surface area contributed by atoms with Gasteiger partial charge in [0, 0.05) is 12.6 Å². The van der Waals surface area contributed by atoms with E-state index in [-0.39, 0.29) is 27.1 Å². The van der Waals surface area contributed by atoms with Gasteiger partial charge in [0.1, 0.15) is 21.3 Å². The summed E-state index contributed by atoms with van der Waals surface area (Å²) in [6, 6.07) is 4.23. The molecule has 26 heavy (non-hydrogen) atoms. The molecule has 1 aliphatic heterocycles. The van der Waals surface area contributed by atoms with E-state index in [0.717, 1.165) is 0 Å².